The Kier molecular flexibility index (Phi) is 4.77. The zero-order chi connectivity index (χ0) is 13.1. The van der Waals surface area contributed by atoms with E-state index >= 15 is 0 Å². The maximum Gasteiger partial charge on any atom is 0.0721 e. The number of ether oxygens (including phenoxy) is 1. The molecule has 1 aromatic carbocycles. The molecule has 0 spiro atoms. The number of benzene rings is 1. The van der Waals surface area contributed by atoms with Gasteiger partial charge in [-0.15, -0.1) is 0 Å². The summed E-state index contributed by atoms with van der Waals surface area (Å²) in [5.41, 5.74) is 0.843. The summed E-state index contributed by atoms with van der Waals surface area (Å²) < 4.78 is 5.76. The van der Waals surface area contributed by atoms with Gasteiger partial charge in [0.2, 0.25) is 0 Å². The Morgan fingerprint density at radius 3 is 2.56 bits per heavy atom. The minimum absolute atomic E-state index is 0.317. The molecule has 2 rings (SSSR count). The number of nitrogens with one attached hydrogen (secondary N) is 1. The minimum atomic E-state index is 0.317. The summed E-state index contributed by atoms with van der Waals surface area (Å²) >= 11 is 12.3. The molecular weight excluding hydrogens is 269 g/mol. The number of hydrogen-bond acceptors (Lipinski definition) is 2. The van der Waals surface area contributed by atoms with Crippen LogP contribution in [0.5, 0.6) is 0 Å². The van der Waals surface area contributed by atoms with Crippen molar-refractivity contribution in [1.82, 2.24) is 0 Å². The van der Waals surface area contributed by atoms with Crippen molar-refractivity contribution < 1.29 is 4.74 Å². The van der Waals surface area contributed by atoms with Gasteiger partial charge in [-0.1, -0.05) is 43.1 Å². The molecule has 1 aromatic rings. The Labute approximate surface area is 119 Å². The standard InChI is InChI=1S/C14H19Cl2NO/c1-9(2)13-8-10(6-7-18-13)17-14-11(15)4-3-5-12(14)16/h3-5,9-10,13,17H,6-8H2,1-2H3. The van der Waals surface area contributed by atoms with Crippen LogP contribution < -0.4 is 5.32 Å². The second kappa shape index (κ2) is 6.14. The molecule has 0 amide bonds. The Hall–Kier alpha value is -0.440. The van der Waals surface area contributed by atoms with Crippen molar-refractivity contribution in [3.8, 4) is 0 Å². The predicted octanol–water partition coefficient (Wildman–Crippen LogP) is 4.61. The SMILES string of the molecule is CC(C)C1CC(Nc2c(Cl)cccc2Cl)CCO1. The highest BCUT2D eigenvalue weighted by atomic mass is 35.5. The maximum absolute atomic E-state index is 6.17. The molecule has 1 aliphatic rings. The van der Waals surface area contributed by atoms with Crippen LogP contribution in [0.2, 0.25) is 10.0 Å². The van der Waals surface area contributed by atoms with Gasteiger partial charge in [0.05, 0.1) is 21.8 Å². The molecular formula is C14H19Cl2NO. The highest BCUT2D eigenvalue weighted by Crippen LogP contribution is 2.32. The topological polar surface area (TPSA) is 21.3 Å². The van der Waals surface area contributed by atoms with E-state index in [1.165, 1.54) is 0 Å². The van der Waals surface area contributed by atoms with Gasteiger partial charge < -0.3 is 10.1 Å². The van der Waals surface area contributed by atoms with E-state index in [2.05, 4.69) is 19.2 Å². The van der Waals surface area contributed by atoms with Crippen molar-refractivity contribution in [2.45, 2.75) is 38.8 Å². The van der Waals surface area contributed by atoms with Crippen LogP contribution in [-0.4, -0.2) is 18.8 Å². The molecule has 1 saturated heterocycles. The molecule has 0 aliphatic carbocycles. The van der Waals surface area contributed by atoms with Crippen LogP contribution in [0, 0.1) is 5.92 Å². The van der Waals surface area contributed by atoms with Crippen molar-refractivity contribution in [2.75, 3.05) is 11.9 Å². The number of hydrogen-bond donors (Lipinski definition) is 1. The van der Waals surface area contributed by atoms with E-state index in [-0.39, 0.29) is 0 Å². The van der Waals surface area contributed by atoms with Crippen molar-refractivity contribution in [1.29, 1.82) is 0 Å². The molecule has 100 valence electrons. The summed E-state index contributed by atoms with van der Waals surface area (Å²) in [7, 11) is 0. The van der Waals surface area contributed by atoms with E-state index in [0.717, 1.165) is 25.1 Å². The summed E-state index contributed by atoms with van der Waals surface area (Å²) in [4.78, 5) is 0. The fourth-order valence-corrected chi connectivity index (χ4v) is 2.77. The van der Waals surface area contributed by atoms with Gasteiger partial charge in [-0.05, 0) is 30.9 Å². The highest BCUT2D eigenvalue weighted by Gasteiger charge is 2.25. The van der Waals surface area contributed by atoms with Crippen LogP contribution in [0.25, 0.3) is 0 Å². The molecule has 1 fully saturated rings. The van der Waals surface area contributed by atoms with Crippen LogP contribution in [-0.2, 0) is 4.74 Å². The van der Waals surface area contributed by atoms with Crippen molar-refractivity contribution in [3.63, 3.8) is 0 Å². The lowest BCUT2D eigenvalue weighted by Gasteiger charge is -2.33. The minimum Gasteiger partial charge on any atom is -0.380 e. The molecule has 0 aromatic heterocycles. The van der Waals surface area contributed by atoms with Gasteiger partial charge in [0.25, 0.3) is 0 Å². The summed E-state index contributed by atoms with van der Waals surface area (Å²) in [6.45, 7) is 5.17. The molecule has 1 aliphatic heterocycles. The zero-order valence-corrected chi connectivity index (χ0v) is 12.3. The Morgan fingerprint density at radius 1 is 1.28 bits per heavy atom. The first-order valence-corrected chi connectivity index (χ1v) is 7.15. The average molecular weight is 288 g/mol. The Morgan fingerprint density at radius 2 is 1.94 bits per heavy atom. The molecule has 4 heteroatoms. The van der Waals surface area contributed by atoms with Gasteiger partial charge in [-0.3, -0.25) is 0 Å². The fourth-order valence-electron chi connectivity index (χ4n) is 2.26. The quantitative estimate of drug-likeness (QED) is 0.877. The van der Waals surface area contributed by atoms with Gasteiger partial charge in [0.1, 0.15) is 0 Å². The molecule has 2 nitrogen and oxygen atoms in total. The maximum atomic E-state index is 6.17. The van der Waals surface area contributed by atoms with E-state index in [1.807, 2.05) is 18.2 Å². The van der Waals surface area contributed by atoms with Gasteiger partial charge in [0, 0.05) is 12.6 Å². The molecule has 0 saturated carbocycles. The molecule has 0 bridgehead atoms. The van der Waals surface area contributed by atoms with Crippen LogP contribution in [0.4, 0.5) is 5.69 Å². The van der Waals surface area contributed by atoms with Gasteiger partial charge in [-0.25, -0.2) is 0 Å². The number of rotatable bonds is 3. The number of anilines is 1. The van der Waals surface area contributed by atoms with Crippen LogP contribution in [0.15, 0.2) is 18.2 Å². The third-order valence-corrected chi connectivity index (χ3v) is 4.00. The molecule has 2 atom stereocenters. The van der Waals surface area contributed by atoms with E-state index < -0.39 is 0 Å². The monoisotopic (exact) mass is 287 g/mol. The number of halogens is 2. The molecule has 0 radical (unpaired) electrons. The van der Waals surface area contributed by atoms with E-state index in [9.17, 15) is 0 Å². The fraction of sp³-hybridized carbons (Fsp3) is 0.571. The van der Waals surface area contributed by atoms with E-state index in [4.69, 9.17) is 27.9 Å². The van der Waals surface area contributed by atoms with Crippen LogP contribution >= 0.6 is 23.2 Å². The van der Waals surface area contributed by atoms with Crippen LogP contribution in [0.1, 0.15) is 26.7 Å². The van der Waals surface area contributed by atoms with Gasteiger partial charge >= 0.3 is 0 Å². The smallest absolute Gasteiger partial charge is 0.0721 e. The Balaban J connectivity index is 2.05. The third-order valence-electron chi connectivity index (χ3n) is 3.37. The van der Waals surface area contributed by atoms with E-state index in [0.29, 0.717) is 28.1 Å². The first kappa shape index (κ1) is 14.0. The second-order valence-corrected chi connectivity index (χ2v) is 5.93. The summed E-state index contributed by atoms with van der Waals surface area (Å²) in [5, 5.41) is 4.81. The third kappa shape index (κ3) is 3.31. The first-order valence-electron chi connectivity index (χ1n) is 6.40. The number of para-hydroxylation sites is 1. The lowest BCUT2D eigenvalue weighted by atomic mass is 9.95. The zero-order valence-electron chi connectivity index (χ0n) is 10.7. The molecule has 1 heterocycles. The second-order valence-electron chi connectivity index (χ2n) is 5.12. The Bertz CT molecular complexity index is 389. The lowest BCUT2D eigenvalue weighted by Crippen LogP contribution is -2.36. The predicted molar refractivity (Wildman–Crippen MR) is 77.7 cm³/mol. The molecule has 1 N–H and O–H groups in total. The summed E-state index contributed by atoms with van der Waals surface area (Å²) in [5.74, 6) is 0.538. The van der Waals surface area contributed by atoms with Gasteiger partial charge in [-0.2, -0.15) is 0 Å². The lowest BCUT2D eigenvalue weighted by molar-refractivity contribution is -0.0160. The summed E-state index contributed by atoms with van der Waals surface area (Å²) in [6.07, 6.45) is 2.31. The van der Waals surface area contributed by atoms with Crippen molar-refractivity contribution in [2.24, 2.45) is 5.92 Å². The molecule has 2 unspecified atom stereocenters. The van der Waals surface area contributed by atoms with Crippen molar-refractivity contribution >= 4 is 28.9 Å². The van der Waals surface area contributed by atoms with Crippen molar-refractivity contribution in [3.05, 3.63) is 28.2 Å². The van der Waals surface area contributed by atoms with E-state index in [1.54, 1.807) is 0 Å². The summed E-state index contributed by atoms with van der Waals surface area (Å²) in [6, 6.07) is 5.95. The van der Waals surface area contributed by atoms with Crippen LogP contribution in [0.3, 0.4) is 0 Å². The molecule has 18 heavy (non-hydrogen) atoms. The highest BCUT2D eigenvalue weighted by molar-refractivity contribution is 6.39. The first-order chi connectivity index (χ1) is 8.58. The normalized spacial score (nSPS) is 24.3. The average Bonchev–Trinajstić information content (AvgIpc) is 2.34. The van der Waals surface area contributed by atoms with Gasteiger partial charge in [0.15, 0.2) is 0 Å². The largest absolute Gasteiger partial charge is 0.380 e.